The Bertz CT molecular complexity index is 2660. The zero-order valence-electron chi connectivity index (χ0n) is 32.3. The molecule has 0 fully saturated rings. The average molecular weight is 727 g/mol. The van der Waals surface area contributed by atoms with Crippen molar-refractivity contribution in [2.24, 2.45) is 0 Å². The molecular formula is C50H42N6. The molecule has 0 N–H and O–H groups in total. The van der Waals surface area contributed by atoms with Crippen LogP contribution in [0.25, 0.3) is 84.3 Å². The average Bonchev–Trinajstić information content (AvgIpc) is 3.94. The van der Waals surface area contributed by atoms with Gasteiger partial charge in [0.05, 0.1) is 33.1 Å². The molecule has 0 radical (unpaired) electrons. The van der Waals surface area contributed by atoms with Crippen molar-refractivity contribution in [2.45, 2.75) is 34.6 Å². The minimum atomic E-state index is 0.879. The van der Waals surface area contributed by atoms with Crippen LogP contribution in [0.3, 0.4) is 0 Å². The lowest BCUT2D eigenvalue weighted by Crippen LogP contribution is -2.09. The van der Waals surface area contributed by atoms with Crippen LogP contribution in [-0.4, -0.2) is 28.7 Å². The fourth-order valence-corrected chi connectivity index (χ4v) is 8.32. The van der Waals surface area contributed by atoms with Crippen LogP contribution in [0, 0.1) is 20.8 Å². The highest BCUT2D eigenvalue weighted by Gasteiger charge is 2.30. The number of nitrogens with zero attached hydrogens (tertiary/aromatic N) is 6. The maximum Gasteiger partial charge on any atom is 0.146 e. The van der Waals surface area contributed by atoms with Crippen LogP contribution in [-0.2, 0) is 0 Å². The van der Waals surface area contributed by atoms with E-state index in [1.54, 1.807) is 0 Å². The van der Waals surface area contributed by atoms with Crippen LogP contribution in [0.5, 0.6) is 0 Å². The molecule has 6 nitrogen and oxygen atoms in total. The van der Waals surface area contributed by atoms with E-state index in [1.165, 1.54) is 0 Å². The quantitative estimate of drug-likeness (QED) is 0.171. The topological polar surface area (TPSA) is 53.5 Å². The Kier molecular flexibility index (Phi) is 8.87. The highest BCUT2D eigenvalue weighted by molar-refractivity contribution is 5.95. The van der Waals surface area contributed by atoms with Gasteiger partial charge in [-0.15, -0.1) is 0 Å². The lowest BCUT2D eigenvalue weighted by molar-refractivity contribution is 1.06. The maximum atomic E-state index is 5.44. The number of imidazole rings is 3. The molecule has 0 unspecified atom stereocenters. The summed E-state index contributed by atoms with van der Waals surface area (Å²) in [5, 5.41) is 0. The summed E-state index contributed by atoms with van der Waals surface area (Å²) in [5.74, 6) is 2.64. The largest absolute Gasteiger partial charge is 0.292 e. The third-order valence-corrected chi connectivity index (χ3v) is 10.6. The zero-order valence-corrected chi connectivity index (χ0v) is 32.3. The minimum Gasteiger partial charge on any atom is -0.292 e. The first-order chi connectivity index (χ1) is 27.6. The second kappa shape index (κ2) is 14.3. The Labute approximate surface area is 327 Å². The zero-order chi connectivity index (χ0) is 38.3. The van der Waals surface area contributed by atoms with Gasteiger partial charge in [-0.05, 0) is 110 Å². The molecule has 0 aliphatic rings. The number of hydrogen-bond donors (Lipinski definition) is 0. The predicted molar refractivity (Wildman–Crippen MR) is 232 cm³/mol. The lowest BCUT2D eigenvalue weighted by Gasteiger charge is -2.24. The molecule has 0 atom stereocenters. The molecule has 0 aliphatic heterocycles. The van der Waals surface area contributed by atoms with E-state index in [2.05, 4.69) is 198 Å². The van der Waals surface area contributed by atoms with E-state index in [-0.39, 0.29) is 0 Å². The van der Waals surface area contributed by atoms with E-state index in [9.17, 15) is 0 Å². The van der Waals surface area contributed by atoms with E-state index in [0.29, 0.717) is 0 Å². The van der Waals surface area contributed by atoms with Crippen molar-refractivity contribution in [3.8, 4) is 51.2 Å². The van der Waals surface area contributed by atoms with Crippen molar-refractivity contribution in [3.63, 3.8) is 0 Å². The summed E-state index contributed by atoms with van der Waals surface area (Å²) in [5.41, 5.74) is 15.6. The van der Waals surface area contributed by atoms with Crippen molar-refractivity contribution in [1.29, 1.82) is 0 Å². The first kappa shape index (κ1) is 34.7. The molecule has 7 aromatic carbocycles. The summed E-state index contributed by atoms with van der Waals surface area (Å²) in [6, 6.07) is 56.8. The van der Waals surface area contributed by atoms with E-state index in [4.69, 9.17) is 15.0 Å². The third-order valence-electron chi connectivity index (χ3n) is 10.6. The van der Waals surface area contributed by atoms with E-state index in [0.717, 1.165) is 101 Å². The van der Waals surface area contributed by atoms with Gasteiger partial charge in [0.25, 0.3) is 0 Å². The Morgan fingerprint density at radius 3 is 0.804 bits per heavy atom. The molecule has 6 heteroatoms. The monoisotopic (exact) mass is 726 g/mol. The Balaban J connectivity index is 0.00000202. The van der Waals surface area contributed by atoms with Crippen molar-refractivity contribution in [1.82, 2.24) is 28.7 Å². The van der Waals surface area contributed by atoms with Crippen molar-refractivity contribution in [2.75, 3.05) is 0 Å². The number of rotatable bonds is 6. The highest BCUT2D eigenvalue weighted by Crippen LogP contribution is 2.46. The molecule has 0 spiro atoms. The minimum absolute atomic E-state index is 0.879. The molecule has 0 amide bonds. The molecule has 0 bridgehead atoms. The lowest BCUT2D eigenvalue weighted by atomic mass is 9.86. The number of aromatic nitrogens is 6. The van der Waals surface area contributed by atoms with Gasteiger partial charge in [-0.1, -0.05) is 105 Å². The summed E-state index contributed by atoms with van der Waals surface area (Å²) in [6.45, 7) is 10.7. The number of benzene rings is 7. The SMILES string of the molecule is CC.Cc1c(-c2nc3ccccc3n2-c2ccccc2)c(C)c(-c2nc3ccccc3n2-c2ccccc2)c(C)c1-c1nc2ccccc2n1-c1ccccc1. The normalized spacial score (nSPS) is 11.3. The van der Waals surface area contributed by atoms with Crippen molar-refractivity contribution in [3.05, 3.63) is 180 Å². The number of para-hydroxylation sites is 9. The fourth-order valence-electron chi connectivity index (χ4n) is 8.32. The van der Waals surface area contributed by atoms with Crippen LogP contribution in [0.1, 0.15) is 30.5 Å². The van der Waals surface area contributed by atoms with E-state index in [1.807, 2.05) is 13.8 Å². The molecule has 0 aliphatic carbocycles. The third kappa shape index (κ3) is 5.52. The fraction of sp³-hybridized carbons (Fsp3) is 0.100. The van der Waals surface area contributed by atoms with Gasteiger partial charge < -0.3 is 0 Å². The van der Waals surface area contributed by atoms with Crippen LogP contribution in [0.2, 0.25) is 0 Å². The standard InChI is InChI=1S/C48H36N6.C2H6/c1-31-43(46-49-37-25-13-16-28-40(37)52(46)34-19-7-4-8-20-34)32(2)45(48-51-39-27-15-18-30-42(39)54(48)36-23-11-6-12-24-36)33(3)44(31)47-50-38-26-14-17-29-41(38)53(47)35-21-9-5-10-22-35;1-2/h4-30H,1-3H3;1-2H3. The predicted octanol–water partition coefficient (Wildman–Crippen LogP) is 12.7. The van der Waals surface area contributed by atoms with Gasteiger partial charge in [-0.25, -0.2) is 15.0 Å². The summed E-state index contributed by atoms with van der Waals surface area (Å²) in [7, 11) is 0. The van der Waals surface area contributed by atoms with Crippen LogP contribution in [0.15, 0.2) is 164 Å². The molecule has 0 saturated heterocycles. The van der Waals surface area contributed by atoms with Crippen molar-refractivity contribution < 1.29 is 0 Å². The van der Waals surface area contributed by atoms with Crippen LogP contribution >= 0.6 is 0 Å². The van der Waals surface area contributed by atoms with Gasteiger partial charge in [0.2, 0.25) is 0 Å². The van der Waals surface area contributed by atoms with Crippen molar-refractivity contribution >= 4 is 33.1 Å². The van der Waals surface area contributed by atoms with E-state index < -0.39 is 0 Å². The smallest absolute Gasteiger partial charge is 0.146 e. The molecule has 3 aromatic heterocycles. The van der Waals surface area contributed by atoms with Gasteiger partial charge in [-0.2, -0.15) is 0 Å². The second-order valence-corrected chi connectivity index (χ2v) is 13.8. The molecule has 3 heterocycles. The number of fused-ring (bicyclic) bond motifs is 3. The Morgan fingerprint density at radius 2 is 0.536 bits per heavy atom. The van der Waals surface area contributed by atoms with Gasteiger partial charge in [0.15, 0.2) is 0 Å². The van der Waals surface area contributed by atoms with Gasteiger partial charge >= 0.3 is 0 Å². The molecule has 0 saturated carbocycles. The summed E-state index contributed by atoms with van der Waals surface area (Å²) in [6.07, 6.45) is 0. The Hall–Kier alpha value is -7.05. The molecular weight excluding hydrogens is 685 g/mol. The van der Waals surface area contributed by atoms with Crippen LogP contribution < -0.4 is 0 Å². The summed E-state index contributed by atoms with van der Waals surface area (Å²) < 4.78 is 6.90. The molecule has 56 heavy (non-hydrogen) atoms. The van der Waals surface area contributed by atoms with Gasteiger partial charge in [0, 0.05) is 33.8 Å². The van der Waals surface area contributed by atoms with Gasteiger partial charge in [-0.3, -0.25) is 13.7 Å². The maximum absolute atomic E-state index is 5.44. The molecule has 10 rings (SSSR count). The first-order valence-electron chi connectivity index (χ1n) is 19.3. The molecule has 272 valence electrons. The Morgan fingerprint density at radius 1 is 0.304 bits per heavy atom. The summed E-state index contributed by atoms with van der Waals surface area (Å²) >= 11 is 0. The number of hydrogen-bond acceptors (Lipinski definition) is 3. The summed E-state index contributed by atoms with van der Waals surface area (Å²) in [4.78, 5) is 16.3. The second-order valence-electron chi connectivity index (χ2n) is 13.8. The van der Waals surface area contributed by atoms with E-state index >= 15 is 0 Å². The van der Waals surface area contributed by atoms with Crippen LogP contribution in [0.4, 0.5) is 0 Å². The first-order valence-corrected chi connectivity index (χ1v) is 19.3. The molecule has 10 aromatic rings. The van der Waals surface area contributed by atoms with Gasteiger partial charge in [0.1, 0.15) is 17.5 Å². The highest BCUT2D eigenvalue weighted by atomic mass is 15.1.